The summed E-state index contributed by atoms with van der Waals surface area (Å²) in [7, 11) is 0. The first-order chi connectivity index (χ1) is 9.10. The van der Waals surface area contributed by atoms with Crippen LogP contribution in [0.25, 0.3) is 11.2 Å². The van der Waals surface area contributed by atoms with E-state index >= 15 is 0 Å². The third-order valence-electron chi connectivity index (χ3n) is 3.03. The van der Waals surface area contributed by atoms with Gasteiger partial charge in [0.25, 0.3) is 0 Å². The van der Waals surface area contributed by atoms with Gasteiger partial charge in [-0.1, -0.05) is 0 Å². The number of rotatable bonds is 2. The van der Waals surface area contributed by atoms with Crippen molar-refractivity contribution < 1.29 is 16.3 Å². The molecular weight excluding hydrogens is 238 g/mol. The monoisotopic (exact) mass is 252 g/mol. The molecule has 0 bridgehead atoms. The standard InChI is InChI=1S/C10H13N5O3/c11-9-8-10(13-3-12-9)15(4-14-8)7-1-5(17)6(2-16)18-7/h3-7,16-17H,1-2H2,(H2,11,12,13)/t5-,6+,7+/m0/s1/i3D. The number of hydrogen-bond acceptors (Lipinski definition) is 7. The van der Waals surface area contributed by atoms with E-state index in [0.717, 1.165) is 0 Å². The average molecular weight is 252 g/mol. The molecule has 1 fully saturated rings. The predicted octanol–water partition coefficient (Wildman–Crippen LogP) is -0.951. The van der Waals surface area contributed by atoms with E-state index in [4.69, 9.17) is 16.9 Å². The van der Waals surface area contributed by atoms with E-state index in [9.17, 15) is 5.11 Å². The molecule has 2 aromatic rings. The number of aliphatic hydroxyl groups excluding tert-OH is 2. The number of nitrogens with two attached hydrogens (primary N) is 1. The molecular formula is C10H13N5O3. The minimum Gasteiger partial charge on any atom is -0.394 e. The van der Waals surface area contributed by atoms with E-state index in [1.165, 1.54) is 6.33 Å². The van der Waals surface area contributed by atoms with Gasteiger partial charge in [-0.05, 0) is 0 Å². The minimum atomic E-state index is -0.748. The third-order valence-corrected chi connectivity index (χ3v) is 3.03. The van der Waals surface area contributed by atoms with Gasteiger partial charge in [-0.2, -0.15) is 0 Å². The van der Waals surface area contributed by atoms with E-state index in [-0.39, 0.29) is 18.7 Å². The van der Waals surface area contributed by atoms with Gasteiger partial charge in [0.05, 0.1) is 19.0 Å². The molecule has 0 spiro atoms. The van der Waals surface area contributed by atoms with Crippen molar-refractivity contribution in [3.8, 4) is 0 Å². The van der Waals surface area contributed by atoms with Gasteiger partial charge in [-0.3, -0.25) is 4.57 Å². The van der Waals surface area contributed by atoms with Crippen LogP contribution in [0.15, 0.2) is 12.6 Å². The molecule has 18 heavy (non-hydrogen) atoms. The van der Waals surface area contributed by atoms with Gasteiger partial charge in [0.1, 0.15) is 25.5 Å². The molecule has 3 heterocycles. The highest BCUT2D eigenvalue weighted by Gasteiger charge is 2.35. The Morgan fingerprint density at radius 2 is 2.39 bits per heavy atom. The van der Waals surface area contributed by atoms with Crippen molar-refractivity contribution in [3.05, 3.63) is 12.6 Å². The maximum Gasteiger partial charge on any atom is 0.167 e. The molecule has 0 aliphatic carbocycles. The summed E-state index contributed by atoms with van der Waals surface area (Å²) in [5.74, 6) is 0.131. The average Bonchev–Trinajstić information content (AvgIpc) is 2.92. The van der Waals surface area contributed by atoms with Crippen LogP contribution >= 0.6 is 0 Å². The smallest absolute Gasteiger partial charge is 0.167 e. The molecule has 96 valence electrons. The van der Waals surface area contributed by atoms with Crippen LogP contribution in [0.1, 0.15) is 14.0 Å². The summed E-state index contributed by atoms with van der Waals surface area (Å²) in [6.45, 7) is -0.259. The van der Waals surface area contributed by atoms with Crippen LogP contribution in [-0.2, 0) is 4.74 Å². The summed E-state index contributed by atoms with van der Waals surface area (Å²) < 4.78 is 14.6. The minimum absolute atomic E-state index is 0.131. The maximum absolute atomic E-state index is 9.73. The second-order valence-corrected chi connectivity index (χ2v) is 4.15. The largest absolute Gasteiger partial charge is 0.394 e. The number of fused-ring (bicyclic) bond motifs is 1. The fourth-order valence-corrected chi connectivity index (χ4v) is 2.09. The lowest BCUT2D eigenvalue weighted by molar-refractivity contribution is -0.0432. The zero-order valence-corrected chi connectivity index (χ0v) is 9.39. The van der Waals surface area contributed by atoms with Crippen LogP contribution in [0, 0.1) is 0 Å². The summed E-state index contributed by atoms with van der Waals surface area (Å²) >= 11 is 0. The molecule has 1 aliphatic rings. The van der Waals surface area contributed by atoms with Crippen molar-refractivity contribution in [1.82, 2.24) is 19.5 Å². The summed E-state index contributed by atoms with van der Waals surface area (Å²) in [4.78, 5) is 11.8. The SMILES string of the molecule is [2H]c1nc(N)c2ncn([C@H]3C[C@H](O)[C@@H](CO)O3)c2n1. The van der Waals surface area contributed by atoms with E-state index in [1.54, 1.807) is 4.57 Å². The zero-order valence-electron chi connectivity index (χ0n) is 10.4. The van der Waals surface area contributed by atoms with Gasteiger partial charge in [-0.15, -0.1) is 0 Å². The van der Waals surface area contributed by atoms with Crippen molar-refractivity contribution in [2.45, 2.75) is 24.9 Å². The number of anilines is 1. The molecule has 0 amide bonds. The Bertz CT molecular complexity index is 618. The normalized spacial score (nSPS) is 28.8. The van der Waals surface area contributed by atoms with Gasteiger partial charge in [0, 0.05) is 6.42 Å². The quantitative estimate of drug-likeness (QED) is 0.630. The van der Waals surface area contributed by atoms with Gasteiger partial charge < -0.3 is 20.7 Å². The highest BCUT2D eigenvalue weighted by Crippen LogP contribution is 2.30. The Labute approximate surface area is 103 Å². The Hall–Kier alpha value is -1.77. The molecule has 1 aliphatic heterocycles. The molecule has 8 nitrogen and oxygen atoms in total. The summed E-state index contributed by atoms with van der Waals surface area (Å²) in [5.41, 5.74) is 6.45. The predicted molar refractivity (Wildman–Crippen MR) is 61.4 cm³/mol. The lowest BCUT2D eigenvalue weighted by atomic mass is 10.2. The zero-order chi connectivity index (χ0) is 13.6. The van der Waals surface area contributed by atoms with Gasteiger partial charge in [0.15, 0.2) is 11.5 Å². The van der Waals surface area contributed by atoms with Crippen molar-refractivity contribution >= 4 is 17.0 Å². The second-order valence-electron chi connectivity index (χ2n) is 4.15. The number of ether oxygens (including phenoxy) is 1. The number of imidazole rings is 1. The van der Waals surface area contributed by atoms with Crippen molar-refractivity contribution in [1.29, 1.82) is 0 Å². The highest BCUT2D eigenvalue weighted by atomic mass is 16.5. The topological polar surface area (TPSA) is 119 Å². The number of aromatic nitrogens is 4. The van der Waals surface area contributed by atoms with Crippen LogP contribution in [0.4, 0.5) is 5.82 Å². The second kappa shape index (κ2) is 4.16. The van der Waals surface area contributed by atoms with Crippen molar-refractivity contribution in [2.24, 2.45) is 0 Å². The van der Waals surface area contributed by atoms with Crippen molar-refractivity contribution in [2.75, 3.05) is 12.3 Å². The molecule has 3 rings (SSSR count). The van der Waals surface area contributed by atoms with Crippen LogP contribution in [0.2, 0.25) is 0 Å². The molecule has 3 atom stereocenters. The lowest BCUT2D eigenvalue weighted by Crippen LogP contribution is -2.24. The molecule has 0 saturated carbocycles. The first kappa shape index (κ1) is 10.2. The molecule has 0 aromatic carbocycles. The highest BCUT2D eigenvalue weighted by molar-refractivity contribution is 5.81. The number of nitrogen functional groups attached to an aromatic ring is 1. The lowest BCUT2D eigenvalue weighted by Gasteiger charge is -2.13. The first-order valence-corrected chi connectivity index (χ1v) is 5.51. The van der Waals surface area contributed by atoms with Crippen LogP contribution in [0.5, 0.6) is 0 Å². The van der Waals surface area contributed by atoms with Gasteiger partial charge >= 0.3 is 0 Å². The Morgan fingerprint density at radius 3 is 3.11 bits per heavy atom. The molecule has 0 radical (unpaired) electrons. The number of nitrogens with zero attached hydrogens (tertiary/aromatic N) is 4. The summed E-state index contributed by atoms with van der Waals surface area (Å²) in [6, 6.07) is 0. The number of aliphatic hydroxyl groups is 2. The van der Waals surface area contributed by atoms with E-state index in [2.05, 4.69) is 15.0 Å². The van der Waals surface area contributed by atoms with Gasteiger partial charge in [-0.25, -0.2) is 15.0 Å². The van der Waals surface area contributed by atoms with E-state index in [1.807, 2.05) is 0 Å². The van der Waals surface area contributed by atoms with Crippen LogP contribution in [0.3, 0.4) is 0 Å². The van der Waals surface area contributed by atoms with Crippen LogP contribution in [-0.4, -0.2) is 48.5 Å². The third kappa shape index (κ3) is 1.62. The molecule has 4 N–H and O–H groups in total. The van der Waals surface area contributed by atoms with Gasteiger partial charge in [0.2, 0.25) is 0 Å². The van der Waals surface area contributed by atoms with E-state index < -0.39 is 18.4 Å². The molecule has 0 unspecified atom stereocenters. The Kier molecular flexibility index (Phi) is 2.35. The van der Waals surface area contributed by atoms with E-state index in [0.29, 0.717) is 17.6 Å². The fourth-order valence-electron chi connectivity index (χ4n) is 2.09. The summed E-state index contributed by atoms with van der Waals surface area (Å²) in [5, 5.41) is 18.8. The Morgan fingerprint density at radius 1 is 1.56 bits per heavy atom. The van der Waals surface area contributed by atoms with Crippen LogP contribution < -0.4 is 5.73 Å². The molecule has 8 heteroatoms. The molecule has 1 saturated heterocycles. The number of hydrogen-bond donors (Lipinski definition) is 3. The molecule has 2 aromatic heterocycles. The Balaban J connectivity index is 2.02. The maximum atomic E-state index is 9.73. The fraction of sp³-hybridized carbons (Fsp3) is 0.500. The summed E-state index contributed by atoms with van der Waals surface area (Å²) in [6.07, 6.45) is -0.283. The van der Waals surface area contributed by atoms with Crippen molar-refractivity contribution in [3.63, 3.8) is 0 Å². The first-order valence-electron chi connectivity index (χ1n) is 6.01.